The summed E-state index contributed by atoms with van der Waals surface area (Å²) >= 11 is 5.83. The lowest BCUT2D eigenvalue weighted by Crippen LogP contribution is -2.34. The SMILES string of the molecule is CCC(=O)NC1(c2ccc(Cl)cc2)CC1. The smallest absolute Gasteiger partial charge is 0.220 e. The van der Waals surface area contributed by atoms with Gasteiger partial charge in [0, 0.05) is 11.4 Å². The fourth-order valence-corrected chi connectivity index (χ4v) is 1.86. The summed E-state index contributed by atoms with van der Waals surface area (Å²) in [5.41, 5.74) is 1.06. The average molecular weight is 224 g/mol. The first-order valence-corrected chi connectivity index (χ1v) is 5.61. The molecule has 1 amide bonds. The molecule has 3 heteroatoms. The number of hydrogen-bond acceptors (Lipinski definition) is 1. The molecular formula is C12H14ClNO. The molecule has 15 heavy (non-hydrogen) atoms. The Morgan fingerprint density at radius 2 is 2.00 bits per heavy atom. The van der Waals surface area contributed by atoms with Gasteiger partial charge in [0.1, 0.15) is 0 Å². The van der Waals surface area contributed by atoms with E-state index in [9.17, 15) is 4.79 Å². The van der Waals surface area contributed by atoms with Crippen LogP contribution >= 0.6 is 11.6 Å². The van der Waals surface area contributed by atoms with Gasteiger partial charge in [-0.1, -0.05) is 30.7 Å². The monoisotopic (exact) mass is 223 g/mol. The Hall–Kier alpha value is -1.02. The third-order valence-electron chi connectivity index (χ3n) is 2.85. The van der Waals surface area contributed by atoms with Crippen molar-refractivity contribution in [2.75, 3.05) is 0 Å². The van der Waals surface area contributed by atoms with Crippen molar-refractivity contribution in [1.29, 1.82) is 0 Å². The highest BCUT2D eigenvalue weighted by molar-refractivity contribution is 6.30. The number of benzene rings is 1. The van der Waals surface area contributed by atoms with E-state index in [0.717, 1.165) is 23.4 Å². The van der Waals surface area contributed by atoms with Gasteiger partial charge >= 0.3 is 0 Å². The van der Waals surface area contributed by atoms with Crippen LogP contribution in [0.3, 0.4) is 0 Å². The Morgan fingerprint density at radius 3 is 2.47 bits per heavy atom. The molecule has 0 radical (unpaired) electrons. The van der Waals surface area contributed by atoms with Crippen molar-refractivity contribution in [3.63, 3.8) is 0 Å². The van der Waals surface area contributed by atoms with Gasteiger partial charge in [0.25, 0.3) is 0 Å². The Kier molecular flexibility index (Phi) is 2.70. The molecule has 0 aliphatic heterocycles. The first-order chi connectivity index (χ1) is 7.16. The van der Waals surface area contributed by atoms with Crippen molar-refractivity contribution in [3.05, 3.63) is 34.9 Å². The molecule has 1 aliphatic carbocycles. The number of carbonyl (C=O) groups is 1. The Morgan fingerprint density at radius 1 is 1.40 bits per heavy atom. The topological polar surface area (TPSA) is 29.1 Å². The van der Waals surface area contributed by atoms with Gasteiger partial charge in [0.2, 0.25) is 5.91 Å². The van der Waals surface area contributed by atoms with Gasteiger partial charge in [-0.25, -0.2) is 0 Å². The lowest BCUT2D eigenvalue weighted by molar-refractivity contribution is -0.121. The van der Waals surface area contributed by atoms with Gasteiger partial charge in [0.05, 0.1) is 5.54 Å². The molecule has 1 aromatic rings. The number of rotatable bonds is 3. The standard InChI is InChI=1S/C12H14ClNO/c1-2-11(15)14-12(7-8-12)9-3-5-10(13)6-4-9/h3-6H,2,7-8H2,1H3,(H,14,15). The van der Waals surface area contributed by atoms with E-state index in [2.05, 4.69) is 5.32 Å². The van der Waals surface area contributed by atoms with Gasteiger partial charge in [-0.3, -0.25) is 4.79 Å². The van der Waals surface area contributed by atoms with E-state index in [1.54, 1.807) is 0 Å². The molecule has 0 unspecified atom stereocenters. The van der Waals surface area contributed by atoms with Crippen LogP contribution in [-0.2, 0) is 10.3 Å². The van der Waals surface area contributed by atoms with E-state index in [1.165, 1.54) is 0 Å². The molecule has 1 aromatic carbocycles. The molecule has 1 N–H and O–H groups in total. The molecule has 1 aliphatic rings. The summed E-state index contributed by atoms with van der Waals surface area (Å²) in [6.45, 7) is 1.87. The summed E-state index contributed by atoms with van der Waals surface area (Å²) in [7, 11) is 0. The highest BCUT2D eigenvalue weighted by Gasteiger charge is 2.45. The summed E-state index contributed by atoms with van der Waals surface area (Å²) in [4.78, 5) is 11.4. The minimum absolute atomic E-state index is 0.0995. The van der Waals surface area contributed by atoms with Crippen LogP contribution in [0.15, 0.2) is 24.3 Å². The molecule has 0 saturated heterocycles. The summed E-state index contributed by atoms with van der Waals surface area (Å²) < 4.78 is 0. The zero-order valence-corrected chi connectivity index (χ0v) is 9.47. The highest BCUT2D eigenvalue weighted by atomic mass is 35.5. The van der Waals surface area contributed by atoms with E-state index < -0.39 is 0 Å². The summed E-state index contributed by atoms with van der Waals surface area (Å²) in [5.74, 6) is 0.113. The molecular weight excluding hydrogens is 210 g/mol. The van der Waals surface area contributed by atoms with E-state index in [0.29, 0.717) is 6.42 Å². The second-order valence-electron chi connectivity index (χ2n) is 3.99. The van der Waals surface area contributed by atoms with Crippen LogP contribution in [0.1, 0.15) is 31.7 Å². The third kappa shape index (κ3) is 2.15. The second-order valence-corrected chi connectivity index (χ2v) is 4.43. The van der Waals surface area contributed by atoms with Crippen LogP contribution in [0.5, 0.6) is 0 Å². The zero-order chi connectivity index (χ0) is 10.9. The molecule has 0 atom stereocenters. The van der Waals surface area contributed by atoms with E-state index in [-0.39, 0.29) is 11.4 Å². The average Bonchev–Trinajstić information content (AvgIpc) is 3.00. The minimum atomic E-state index is -0.0995. The van der Waals surface area contributed by atoms with E-state index in [1.807, 2.05) is 31.2 Å². The summed E-state index contributed by atoms with van der Waals surface area (Å²) in [6, 6.07) is 7.72. The van der Waals surface area contributed by atoms with Crippen molar-refractivity contribution >= 4 is 17.5 Å². The van der Waals surface area contributed by atoms with Gasteiger partial charge in [0.15, 0.2) is 0 Å². The molecule has 1 saturated carbocycles. The van der Waals surface area contributed by atoms with Gasteiger partial charge in [-0.15, -0.1) is 0 Å². The predicted octanol–water partition coefficient (Wildman–Crippen LogP) is 2.86. The van der Waals surface area contributed by atoms with Gasteiger partial charge in [-0.2, -0.15) is 0 Å². The van der Waals surface area contributed by atoms with Crippen molar-refractivity contribution in [1.82, 2.24) is 5.32 Å². The first-order valence-electron chi connectivity index (χ1n) is 5.23. The van der Waals surface area contributed by atoms with Gasteiger partial charge < -0.3 is 5.32 Å². The van der Waals surface area contributed by atoms with E-state index >= 15 is 0 Å². The maximum atomic E-state index is 11.4. The van der Waals surface area contributed by atoms with Crippen LogP contribution in [0, 0.1) is 0 Å². The largest absolute Gasteiger partial charge is 0.347 e. The summed E-state index contributed by atoms with van der Waals surface area (Å²) in [6.07, 6.45) is 2.59. The third-order valence-corrected chi connectivity index (χ3v) is 3.10. The second kappa shape index (κ2) is 3.86. The maximum absolute atomic E-state index is 11.4. The number of amides is 1. The molecule has 0 heterocycles. The number of carbonyl (C=O) groups excluding carboxylic acids is 1. The van der Waals surface area contributed by atoms with Crippen LogP contribution in [0.25, 0.3) is 0 Å². The summed E-state index contributed by atoms with van der Waals surface area (Å²) in [5, 5.41) is 3.80. The molecule has 2 nitrogen and oxygen atoms in total. The van der Waals surface area contributed by atoms with Gasteiger partial charge in [-0.05, 0) is 30.5 Å². The quantitative estimate of drug-likeness (QED) is 0.839. The fraction of sp³-hybridized carbons (Fsp3) is 0.417. The van der Waals surface area contributed by atoms with Crippen LogP contribution in [-0.4, -0.2) is 5.91 Å². The molecule has 0 aromatic heterocycles. The van der Waals surface area contributed by atoms with Crippen molar-refractivity contribution < 1.29 is 4.79 Å². The minimum Gasteiger partial charge on any atom is -0.347 e. The van der Waals surface area contributed by atoms with Crippen molar-refractivity contribution in [2.24, 2.45) is 0 Å². The normalized spacial score (nSPS) is 17.2. The number of halogens is 1. The Labute approximate surface area is 94.6 Å². The number of nitrogens with one attached hydrogen (secondary N) is 1. The Balaban J connectivity index is 2.16. The predicted molar refractivity (Wildman–Crippen MR) is 60.8 cm³/mol. The lowest BCUT2D eigenvalue weighted by Gasteiger charge is -2.17. The van der Waals surface area contributed by atoms with Crippen LogP contribution in [0.2, 0.25) is 5.02 Å². The van der Waals surface area contributed by atoms with E-state index in [4.69, 9.17) is 11.6 Å². The van der Waals surface area contributed by atoms with Crippen molar-refractivity contribution in [2.45, 2.75) is 31.7 Å². The Bertz CT molecular complexity index is 368. The molecule has 80 valence electrons. The van der Waals surface area contributed by atoms with Crippen LogP contribution in [0.4, 0.5) is 0 Å². The molecule has 0 spiro atoms. The maximum Gasteiger partial charge on any atom is 0.220 e. The van der Waals surface area contributed by atoms with Crippen molar-refractivity contribution in [3.8, 4) is 0 Å². The lowest BCUT2D eigenvalue weighted by atomic mass is 10.0. The molecule has 0 bridgehead atoms. The highest BCUT2D eigenvalue weighted by Crippen LogP contribution is 2.45. The molecule has 2 rings (SSSR count). The fourth-order valence-electron chi connectivity index (χ4n) is 1.74. The zero-order valence-electron chi connectivity index (χ0n) is 8.72. The first kappa shape index (κ1) is 10.5. The molecule has 1 fully saturated rings. The number of hydrogen-bond donors (Lipinski definition) is 1. The van der Waals surface area contributed by atoms with Crippen LogP contribution < -0.4 is 5.32 Å².